The van der Waals surface area contributed by atoms with Gasteiger partial charge in [0.2, 0.25) is 0 Å². The highest BCUT2D eigenvalue weighted by molar-refractivity contribution is 5.91. The zero-order chi connectivity index (χ0) is 23.3. The average Bonchev–Trinajstić information content (AvgIpc) is 3.34. The summed E-state index contributed by atoms with van der Waals surface area (Å²) in [5, 5.41) is 0. The Morgan fingerprint density at radius 2 is 1.94 bits per heavy atom. The number of rotatable bonds is 2. The lowest BCUT2D eigenvalue weighted by molar-refractivity contribution is -0.214. The lowest BCUT2D eigenvalue weighted by atomic mass is 9.46. The van der Waals surface area contributed by atoms with Gasteiger partial charge in [0, 0.05) is 49.0 Å². The highest BCUT2D eigenvalue weighted by Gasteiger charge is 2.94. The van der Waals surface area contributed by atoms with Gasteiger partial charge in [-0.3, -0.25) is 9.69 Å². The quantitative estimate of drug-likeness (QED) is 0.653. The highest BCUT2D eigenvalue weighted by atomic mass is 16.5. The molecule has 0 aromatic heterocycles. The van der Waals surface area contributed by atoms with Crippen LogP contribution < -0.4 is 11.5 Å². The zero-order valence-electron chi connectivity index (χ0n) is 21.2. The van der Waals surface area contributed by atoms with Gasteiger partial charge in [0.05, 0.1) is 11.7 Å². The minimum atomic E-state index is -0.0226. The standard InChI is InChI=1S/C29H43N3O2/c1-17-11-23-24(32(15-17)10-9-30)22-14-27-16-26(27)13-21-20(28(26,31)7-8-29(22,27)34-23)4-3-18-12-19(33)5-6-25(18,21)2/h12,17,20-24H,3-11,13-16,30-31H2,1-2H3/t17-,20+,21-,22+,23+,24-,25-,26?,27?,28+,29+/m0/s1. The third-order valence-electron chi connectivity index (χ3n) is 13.6. The van der Waals surface area contributed by atoms with Crippen molar-refractivity contribution in [2.45, 2.75) is 101 Å². The van der Waals surface area contributed by atoms with E-state index < -0.39 is 0 Å². The van der Waals surface area contributed by atoms with Gasteiger partial charge in [-0.25, -0.2) is 0 Å². The Kier molecular flexibility index (Phi) is 3.89. The number of hydrogen-bond donors (Lipinski definition) is 2. The minimum absolute atomic E-state index is 0.0226. The molecule has 11 atom stereocenters. The minimum Gasteiger partial charge on any atom is -0.369 e. The van der Waals surface area contributed by atoms with E-state index in [4.69, 9.17) is 16.2 Å². The van der Waals surface area contributed by atoms with Crippen molar-refractivity contribution in [2.24, 2.45) is 51.4 Å². The van der Waals surface area contributed by atoms with Crippen LogP contribution in [0.1, 0.15) is 78.1 Å². The van der Waals surface area contributed by atoms with Crippen molar-refractivity contribution in [3.8, 4) is 0 Å². The third-order valence-corrected chi connectivity index (χ3v) is 13.6. The second-order valence-corrected chi connectivity index (χ2v) is 14.4. The van der Waals surface area contributed by atoms with Gasteiger partial charge in [-0.05, 0) is 92.4 Å². The molecule has 0 aromatic carbocycles. The number of nitrogens with two attached hydrogens (primary N) is 2. The van der Waals surface area contributed by atoms with Crippen molar-refractivity contribution >= 4 is 5.78 Å². The molecule has 2 saturated heterocycles. The summed E-state index contributed by atoms with van der Waals surface area (Å²) in [6, 6.07) is 0.577. The third kappa shape index (κ3) is 2.05. The van der Waals surface area contributed by atoms with Gasteiger partial charge >= 0.3 is 0 Å². The van der Waals surface area contributed by atoms with Crippen LogP contribution in [0.4, 0.5) is 0 Å². The molecule has 7 fully saturated rings. The first-order valence-electron chi connectivity index (χ1n) is 14.4. The molecule has 5 nitrogen and oxygen atoms in total. The number of nitrogens with zero attached hydrogens (tertiary/aromatic N) is 1. The fourth-order valence-corrected chi connectivity index (χ4v) is 12.3. The molecule has 4 N–H and O–H groups in total. The first-order chi connectivity index (χ1) is 16.2. The summed E-state index contributed by atoms with van der Waals surface area (Å²) in [7, 11) is 0. The molecule has 5 heteroatoms. The Morgan fingerprint density at radius 1 is 1.12 bits per heavy atom. The molecule has 8 rings (SSSR count). The van der Waals surface area contributed by atoms with Crippen LogP contribution >= 0.6 is 0 Å². The number of ether oxygens (including phenoxy) is 1. The molecule has 0 amide bonds. The molecule has 5 saturated carbocycles. The number of ketones is 1. The van der Waals surface area contributed by atoms with Gasteiger partial charge < -0.3 is 16.2 Å². The smallest absolute Gasteiger partial charge is 0.155 e. The molecule has 2 heterocycles. The maximum Gasteiger partial charge on any atom is 0.155 e. The van der Waals surface area contributed by atoms with Crippen molar-refractivity contribution < 1.29 is 9.53 Å². The van der Waals surface area contributed by atoms with E-state index in [1.807, 2.05) is 6.08 Å². The second-order valence-electron chi connectivity index (χ2n) is 14.4. The van der Waals surface area contributed by atoms with Crippen LogP contribution in [0, 0.1) is 39.9 Å². The number of piperidine rings is 1. The average molecular weight is 466 g/mol. The van der Waals surface area contributed by atoms with Crippen molar-refractivity contribution in [3.63, 3.8) is 0 Å². The van der Waals surface area contributed by atoms with Crippen molar-refractivity contribution in [2.75, 3.05) is 19.6 Å². The van der Waals surface area contributed by atoms with Crippen LogP contribution in [0.2, 0.25) is 0 Å². The number of carbonyl (C=O) groups excluding carboxylic acids is 1. The van der Waals surface area contributed by atoms with Crippen molar-refractivity contribution in [1.29, 1.82) is 0 Å². The number of allylic oxidation sites excluding steroid dienone is 2. The molecule has 186 valence electrons. The fourth-order valence-electron chi connectivity index (χ4n) is 12.3. The monoisotopic (exact) mass is 465 g/mol. The van der Waals surface area contributed by atoms with Gasteiger partial charge in [0.25, 0.3) is 0 Å². The lowest BCUT2D eigenvalue weighted by Gasteiger charge is -2.62. The van der Waals surface area contributed by atoms with Crippen LogP contribution in [0.25, 0.3) is 0 Å². The summed E-state index contributed by atoms with van der Waals surface area (Å²) in [6.45, 7) is 7.82. The van der Waals surface area contributed by atoms with Crippen LogP contribution in [0.5, 0.6) is 0 Å². The van der Waals surface area contributed by atoms with E-state index in [9.17, 15) is 4.79 Å². The molecule has 0 aromatic rings. The predicted molar refractivity (Wildman–Crippen MR) is 131 cm³/mol. The number of carbonyl (C=O) groups is 1. The summed E-state index contributed by atoms with van der Waals surface area (Å²) in [5.74, 6) is 2.99. The summed E-state index contributed by atoms with van der Waals surface area (Å²) in [6.07, 6.45) is 13.9. The number of fused-ring (bicyclic) bond motifs is 6. The van der Waals surface area contributed by atoms with E-state index >= 15 is 0 Å². The first kappa shape index (κ1) is 21.3. The molecule has 0 bridgehead atoms. The largest absolute Gasteiger partial charge is 0.369 e. The first-order valence-corrected chi connectivity index (χ1v) is 14.4. The van der Waals surface area contributed by atoms with E-state index in [0.717, 1.165) is 38.8 Å². The van der Waals surface area contributed by atoms with Crippen molar-refractivity contribution in [3.05, 3.63) is 11.6 Å². The van der Waals surface area contributed by atoms with E-state index in [0.29, 0.717) is 47.0 Å². The van der Waals surface area contributed by atoms with Crippen LogP contribution in [0.3, 0.4) is 0 Å². The molecule has 8 aliphatic rings. The SMILES string of the molecule is C[C@H]1C[C@H]2O[C@@]34CC[C@@]5(N)[C@@H]6CCC7=CC(=O)CC[C@]7(C)[C@H]6CC56CC63C[C@@H]4[C@@H]2N(CCN)C1. The molecule has 2 aliphatic heterocycles. The molecule has 6 aliphatic carbocycles. The predicted octanol–water partition coefficient (Wildman–Crippen LogP) is 3.41. The summed E-state index contributed by atoms with van der Waals surface area (Å²) >= 11 is 0. The Morgan fingerprint density at radius 3 is 2.76 bits per heavy atom. The molecule has 0 radical (unpaired) electrons. The second kappa shape index (κ2) is 6.20. The molecule has 2 unspecified atom stereocenters. The Hall–Kier alpha value is -0.750. The van der Waals surface area contributed by atoms with E-state index in [-0.39, 0.29) is 22.0 Å². The van der Waals surface area contributed by atoms with E-state index in [2.05, 4.69) is 18.7 Å². The summed E-state index contributed by atoms with van der Waals surface area (Å²) < 4.78 is 7.30. The van der Waals surface area contributed by atoms with Gasteiger partial charge in [-0.15, -0.1) is 0 Å². The summed E-state index contributed by atoms with van der Waals surface area (Å²) in [4.78, 5) is 15.0. The van der Waals surface area contributed by atoms with E-state index in [1.165, 1.54) is 50.6 Å². The fraction of sp³-hybridized carbons (Fsp3) is 0.897. The Balaban J connectivity index is 1.16. The number of likely N-dealkylation sites (tertiary alicyclic amines) is 1. The lowest BCUT2D eigenvalue weighted by Crippen LogP contribution is -2.69. The molecule has 34 heavy (non-hydrogen) atoms. The molecule has 3 spiro atoms. The van der Waals surface area contributed by atoms with Gasteiger partial charge in [0.1, 0.15) is 0 Å². The van der Waals surface area contributed by atoms with E-state index in [1.54, 1.807) is 0 Å². The molecular weight excluding hydrogens is 422 g/mol. The summed E-state index contributed by atoms with van der Waals surface area (Å²) in [5.41, 5.74) is 16.0. The van der Waals surface area contributed by atoms with Crippen LogP contribution in [0.15, 0.2) is 11.6 Å². The topological polar surface area (TPSA) is 81.6 Å². The zero-order valence-corrected chi connectivity index (χ0v) is 21.2. The maximum absolute atomic E-state index is 12.3. The van der Waals surface area contributed by atoms with Crippen LogP contribution in [-0.2, 0) is 9.53 Å². The van der Waals surface area contributed by atoms with Gasteiger partial charge in [-0.2, -0.15) is 0 Å². The number of hydrogen-bond acceptors (Lipinski definition) is 5. The normalized spacial score (nSPS) is 61.1. The van der Waals surface area contributed by atoms with Crippen molar-refractivity contribution in [1.82, 2.24) is 4.90 Å². The highest BCUT2D eigenvalue weighted by Crippen LogP contribution is 2.93. The Bertz CT molecular complexity index is 1010. The maximum atomic E-state index is 12.3. The Labute approximate surface area is 204 Å². The van der Waals surface area contributed by atoms with Gasteiger partial charge in [-0.1, -0.05) is 19.4 Å². The van der Waals surface area contributed by atoms with Crippen LogP contribution in [-0.4, -0.2) is 53.6 Å². The molecular formula is C29H43N3O2. The van der Waals surface area contributed by atoms with Gasteiger partial charge in [0.15, 0.2) is 5.78 Å².